The monoisotopic (exact) mass is 395 g/mol. The van der Waals surface area contributed by atoms with Crippen molar-refractivity contribution in [3.05, 3.63) is 58.6 Å². The molecule has 1 aliphatic heterocycles. The van der Waals surface area contributed by atoms with Crippen molar-refractivity contribution in [2.75, 3.05) is 0 Å². The molecule has 0 aliphatic carbocycles. The highest BCUT2D eigenvalue weighted by Gasteiger charge is 2.29. The first-order valence-corrected chi connectivity index (χ1v) is 9.35. The normalized spacial score (nSPS) is 15.7. The number of hydrogen-bond donors (Lipinski definition) is 3. The predicted molar refractivity (Wildman–Crippen MR) is 93.0 cm³/mol. The van der Waals surface area contributed by atoms with E-state index in [1.165, 1.54) is 12.1 Å². The number of benzene rings is 2. The molecule has 1 aliphatic rings. The Labute approximate surface area is 154 Å². The topological polar surface area (TPSA) is 128 Å². The van der Waals surface area contributed by atoms with Crippen molar-refractivity contribution in [3.8, 4) is 5.75 Å². The van der Waals surface area contributed by atoms with E-state index in [1.807, 2.05) is 12.1 Å². The fraction of sp³-hybridized carbons (Fsp3) is 0.125. The number of nitrogens with one attached hydrogen (secondary N) is 2. The van der Waals surface area contributed by atoms with Crippen LogP contribution < -0.4 is 20.7 Å². The number of carbonyl (C=O) groups is 2. The van der Waals surface area contributed by atoms with E-state index in [2.05, 4.69) is 10.9 Å². The van der Waals surface area contributed by atoms with Crippen molar-refractivity contribution in [2.45, 2.75) is 17.4 Å². The first-order valence-electron chi connectivity index (χ1n) is 7.43. The van der Waals surface area contributed by atoms with Gasteiger partial charge in [-0.2, -0.15) is 0 Å². The lowest BCUT2D eigenvalue weighted by atomic mass is 10.1. The number of ether oxygens (including phenoxy) is 1. The quantitative estimate of drug-likeness (QED) is 0.661. The van der Waals surface area contributed by atoms with Crippen molar-refractivity contribution >= 4 is 33.4 Å². The average Bonchev–Trinajstić information content (AvgIpc) is 3.03. The third-order valence-electron chi connectivity index (χ3n) is 3.74. The van der Waals surface area contributed by atoms with Crippen molar-refractivity contribution in [3.63, 3.8) is 0 Å². The minimum atomic E-state index is -4.08. The van der Waals surface area contributed by atoms with Gasteiger partial charge in [-0.25, -0.2) is 13.6 Å². The Morgan fingerprint density at radius 2 is 1.88 bits per heavy atom. The number of halogens is 1. The van der Waals surface area contributed by atoms with E-state index in [1.54, 1.807) is 12.1 Å². The maximum atomic E-state index is 12.1. The summed E-state index contributed by atoms with van der Waals surface area (Å²) in [6, 6.07) is 10.8. The number of carbonyl (C=O) groups excluding carboxylic acids is 2. The van der Waals surface area contributed by atoms with Gasteiger partial charge in [0.15, 0.2) is 6.10 Å². The summed E-state index contributed by atoms with van der Waals surface area (Å²) < 4.78 is 28.4. The number of nitrogens with two attached hydrogens (primary N) is 1. The number of para-hydroxylation sites is 1. The first kappa shape index (κ1) is 18.2. The second-order valence-corrected chi connectivity index (χ2v) is 7.49. The van der Waals surface area contributed by atoms with Gasteiger partial charge < -0.3 is 4.74 Å². The Kier molecular flexibility index (Phi) is 4.86. The molecule has 0 spiro atoms. The smallest absolute Gasteiger partial charge is 0.279 e. The summed E-state index contributed by atoms with van der Waals surface area (Å²) in [6.07, 6.45) is -0.383. The molecule has 10 heteroatoms. The largest absolute Gasteiger partial charge is 0.480 e. The van der Waals surface area contributed by atoms with Crippen molar-refractivity contribution < 1.29 is 22.7 Å². The fourth-order valence-electron chi connectivity index (χ4n) is 2.46. The summed E-state index contributed by atoms with van der Waals surface area (Å²) in [5, 5.41) is 4.94. The zero-order valence-electron chi connectivity index (χ0n) is 13.2. The van der Waals surface area contributed by atoms with Crippen LogP contribution in [0.2, 0.25) is 5.02 Å². The number of sulfonamides is 1. The van der Waals surface area contributed by atoms with E-state index >= 15 is 0 Å². The summed E-state index contributed by atoms with van der Waals surface area (Å²) in [7, 11) is -4.08. The molecule has 1 atom stereocenters. The summed E-state index contributed by atoms with van der Waals surface area (Å²) in [6.45, 7) is 0. The van der Waals surface area contributed by atoms with E-state index < -0.39 is 27.9 Å². The van der Waals surface area contributed by atoms with Gasteiger partial charge in [-0.15, -0.1) is 0 Å². The van der Waals surface area contributed by atoms with Crippen LogP contribution in [0.4, 0.5) is 0 Å². The number of fused-ring (bicyclic) bond motifs is 1. The molecular weight excluding hydrogens is 382 g/mol. The number of rotatable bonds is 3. The minimum absolute atomic E-state index is 0.0330. The molecule has 0 fully saturated rings. The van der Waals surface area contributed by atoms with Gasteiger partial charge in [0.2, 0.25) is 10.0 Å². The molecule has 2 aromatic carbocycles. The predicted octanol–water partition coefficient (Wildman–Crippen LogP) is 0.752. The van der Waals surface area contributed by atoms with E-state index in [9.17, 15) is 18.0 Å². The van der Waals surface area contributed by atoms with Gasteiger partial charge in [-0.3, -0.25) is 20.4 Å². The van der Waals surface area contributed by atoms with Crippen molar-refractivity contribution in [2.24, 2.45) is 5.14 Å². The average molecular weight is 396 g/mol. The Balaban J connectivity index is 1.64. The maximum Gasteiger partial charge on any atom is 0.279 e. The van der Waals surface area contributed by atoms with Crippen LogP contribution in [0.1, 0.15) is 15.9 Å². The van der Waals surface area contributed by atoms with E-state index in [0.29, 0.717) is 12.2 Å². The van der Waals surface area contributed by atoms with Crippen LogP contribution >= 0.6 is 11.6 Å². The lowest BCUT2D eigenvalue weighted by Crippen LogP contribution is -2.47. The highest BCUT2D eigenvalue weighted by Crippen LogP contribution is 2.28. The number of primary sulfonamides is 1. The maximum absolute atomic E-state index is 12.1. The third kappa shape index (κ3) is 3.79. The van der Waals surface area contributed by atoms with Gasteiger partial charge in [-0.05, 0) is 29.8 Å². The van der Waals surface area contributed by atoms with Gasteiger partial charge in [-0.1, -0.05) is 29.8 Å². The van der Waals surface area contributed by atoms with Gasteiger partial charge in [0.1, 0.15) is 10.6 Å². The third-order valence-corrected chi connectivity index (χ3v) is 5.13. The van der Waals surface area contributed by atoms with Gasteiger partial charge in [0.25, 0.3) is 11.8 Å². The number of hydrogen-bond acceptors (Lipinski definition) is 5. The highest BCUT2D eigenvalue weighted by molar-refractivity contribution is 7.89. The molecule has 0 bridgehead atoms. The van der Waals surface area contributed by atoms with Crippen LogP contribution in [0, 0.1) is 0 Å². The molecule has 2 aromatic rings. The van der Waals surface area contributed by atoms with Gasteiger partial charge in [0, 0.05) is 12.0 Å². The Hall–Kier alpha value is -2.62. The number of hydrazine groups is 1. The SMILES string of the molecule is NS(=O)(=O)c1cc(C(=O)NNC(=O)[C@@H]2Cc3ccccc3O2)ccc1Cl. The lowest BCUT2D eigenvalue weighted by Gasteiger charge is -2.12. The second-order valence-electron chi connectivity index (χ2n) is 5.55. The molecule has 1 heterocycles. The van der Waals surface area contributed by atoms with E-state index in [0.717, 1.165) is 11.6 Å². The zero-order chi connectivity index (χ0) is 18.9. The molecule has 0 saturated heterocycles. The molecule has 0 radical (unpaired) electrons. The Morgan fingerprint density at radius 1 is 1.15 bits per heavy atom. The molecule has 0 saturated carbocycles. The van der Waals surface area contributed by atoms with Crippen LogP contribution in [0.5, 0.6) is 5.75 Å². The molecular formula is C16H14ClN3O5S. The second kappa shape index (κ2) is 6.94. The zero-order valence-corrected chi connectivity index (χ0v) is 14.8. The first-order chi connectivity index (χ1) is 12.3. The summed E-state index contributed by atoms with van der Waals surface area (Å²) in [4.78, 5) is 23.9. The summed E-state index contributed by atoms with van der Waals surface area (Å²) in [5.41, 5.74) is 5.32. The molecule has 3 rings (SSSR count). The molecule has 2 amide bonds. The standard InChI is InChI=1S/C16H14ClN3O5S/c17-11-6-5-10(8-14(11)26(18,23)24)15(21)19-20-16(22)13-7-9-3-1-2-4-12(9)25-13/h1-6,8,13H,7H2,(H,19,21)(H,20,22)(H2,18,23,24)/t13-/m0/s1. The van der Waals surface area contributed by atoms with Crippen LogP contribution in [-0.4, -0.2) is 26.3 Å². The minimum Gasteiger partial charge on any atom is -0.480 e. The van der Waals surface area contributed by atoms with Crippen LogP contribution in [0.3, 0.4) is 0 Å². The molecule has 8 nitrogen and oxygen atoms in total. The number of amides is 2. The Morgan fingerprint density at radius 3 is 2.58 bits per heavy atom. The van der Waals surface area contributed by atoms with Gasteiger partial charge >= 0.3 is 0 Å². The molecule has 0 aromatic heterocycles. The molecule has 26 heavy (non-hydrogen) atoms. The van der Waals surface area contributed by atoms with Crippen LogP contribution in [0.25, 0.3) is 0 Å². The van der Waals surface area contributed by atoms with E-state index in [4.69, 9.17) is 21.5 Å². The van der Waals surface area contributed by atoms with Crippen molar-refractivity contribution in [1.82, 2.24) is 10.9 Å². The summed E-state index contributed by atoms with van der Waals surface area (Å²) >= 11 is 5.77. The highest BCUT2D eigenvalue weighted by atomic mass is 35.5. The Bertz CT molecular complexity index is 968. The summed E-state index contributed by atoms with van der Waals surface area (Å²) in [5.74, 6) is -0.639. The van der Waals surface area contributed by atoms with Gasteiger partial charge in [0.05, 0.1) is 5.02 Å². The van der Waals surface area contributed by atoms with Crippen LogP contribution in [0.15, 0.2) is 47.4 Å². The van der Waals surface area contributed by atoms with E-state index in [-0.39, 0.29) is 15.5 Å². The van der Waals surface area contributed by atoms with Crippen molar-refractivity contribution in [1.29, 1.82) is 0 Å². The molecule has 4 N–H and O–H groups in total. The fourth-order valence-corrected chi connectivity index (χ4v) is 3.53. The molecule has 136 valence electrons. The van der Waals surface area contributed by atoms with Crippen LogP contribution in [-0.2, 0) is 21.2 Å². The lowest BCUT2D eigenvalue weighted by molar-refractivity contribution is -0.128. The molecule has 0 unspecified atom stereocenters.